The van der Waals surface area contributed by atoms with Crippen molar-refractivity contribution in [2.45, 2.75) is 13.3 Å². The number of aromatic carboxylic acids is 1. The molecule has 0 unspecified atom stereocenters. The van der Waals surface area contributed by atoms with Crippen LogP contribution in [0.15, 0.2) is 29.0 Å². The van der Waals surface area contributed by atoms with Crippen molar-refractivity contribution < 1.29 is 14.3 Å². The summed E-state index contributed by atoms with van der Waals surface area (Å²) in [6.07, 6.45) is 3.76. The molecule has 3 rings (SSSR count). The van der Waals surface area contributed by atoms with Gasteiger partial charge in [-0.2, -0.15) is 0 Å². The molecule has 0 bridgehead atoms. The zero-order chi connectivity index (χ0) is 13.4. The number of pyridine rings is 1. The number of nitrogens with zero attached hydrogens (tertiary/aromatic N) is 2. The first-order valence-electron chi connectivity index (χ1n) is 5.85. The summed E-state index contributed by atoms with van der Waals surface area (Å²) in [6.45, 7) is 1.98. The van der Waals surface area contributed by atoms with Gasteiger partial charge in [-0.3, -0.25) is 0 Å². The highest BCUT2D eigenvalue weighted by Crippen LogP contribution is 2.25. The number of hydrogen-bond acceptors (Lipinski definition) is 4. The summed E-state index contributed by atoms with van der Waals surface area (Å²) < 4.78 is 5.35. The van der Waals surface area contributed by atoms with E-state index in [2.05, 4.69) is 15.0 Å². The maximum absolute atomic E-state index is 11.1. The number of carbonyl (C=O) groups is 1. The molecule has 2 N–H and O–H groups in total. The molecule has 0 fully saturated rings. The normalized spacial score (nSPS) is 11.0. The average Bonchev–Trinajstić information content (AvgIpc) is 3.03. The van der Waals surface area contributed by atoms with E-state index in [4.69, 9.17) is 9.52 Å². The van der Waals surface area contributed by atoms with Gasteiger partial charge >= 0.3 is 5.97 Å². The number of rotatable bonds is 3. The van der Waals surface area contributed by atoms with Gasteiger partial charge in [0.2, 0.25) is 0 Å². The molecule has 0 radical (unpaired) electrons. The lowest BCUT2D eigenvalue weighted by molar-refractivity contribution is 0.0698. The Morgan fingerprint density at radius 2 is 2.32 bits per heavy atom. The number of furan rings is 1. The summed E-state index contributed by atoms with van der Waals surface area (Å²) in [7, 11) is 0. The Labute approximate surface area is 108 Å². The Morgan fingerprint density at radius 3 is 3.05 bits per heavy atom. The van der Waals surface area contributed by atoms with Crippen LogP contribution < -0.4 is 0 Å². The highest BCUT2D eigenvalue weighted by Gasteiger charge is 2.16. The maximum atomic E-state index is 11.1. The molecule has 96 valence electrons. The van der Waals surface area contributed by atoms with E-state index in [1.54, 1.807) is 12.3 Å². The first-order chi connectivity index (χ1) is 9.20. The molecule has 0 aliphatic heterocycles. The molecule has 0 aromatic carbocycles. The van der Waals surface area contributed by atoms with Crippen LogP contribution in [0.2, 0.25) is 0 Å². The second kappa shape index (κ2) is 4.24. The first-order valence-corrected chi connectivity index (χ1v) is 5.85. The van der Waals surface area contributed by atoms with Crippen LogP contribution in [-0.2, 0) is 6.42 Å². The standard InChI is InChI=1S/C13H11N3O3/c1-2-9-7(4-6-19-9)11-15-10-8(13(17)18)3-5-14-12(10)16-11/h3-6H,2H2,1H3,(H,17,18)(H,14,15,16). The van der Waals surface area contributed by atoms with Crippen molar-refractivity contribution in [3.05, 3.63) is 35.9 Å². The lowest BCUT2D eigenvalue weighted by atomic mass is 10.2. The number of fused-ring (bicyclic) bond motifs is 1. The van der Waals surface area contributed by atoms with Gasteiger partial charge in [-0.1, -0.05) is 6.92 Å². The summed E-state index contributed by atoms with van der Waals surface area (Å²) in [5.74, 6) is 0.364. The molecule has 6 nitrogen and oxygen atoms in total. The Balaban J connectivity index is 2.22. The fourth-order valence-corrected chi connectivity index (χ4v) is 2.04. The van der Waals surface area contributed by atoms with Crippen LogP contribution in [-0.4, -0.2) is 26.0 Å². The van der Waals surface area contributed by atoms with E-state index >= 15 is 0 Å². The predicted molar refractivity (Wildman–Crippen MR) is 67.9 cm³/mol. The predicted octanol–water partition coefficient (Wildman–Crippen LogP) is 2.48. The lowest BCUT2D eigenvalue weighted by Crippen LogP contribution is -1.97. The molecule has 0 amide bonds. The average molecular weight is 257 g/mol. The summed E-state index contributed by atoms with van der Waals surface area (Å²) in [5.41, 5.74) is 1.80. The van der Waals surface area contributed by atoms with Crippen molar-refractivity contribution in [3.8, 4) is 11.4 Å². The number of H-pyrrole nitrogens is 1. The van der Waals surface area contributed by atoms with Gasteiger partial charge in [-0.25, -0.2) is 14.8 Å². The Bertz CT molecular complexity index is 757. The van der Waals surface area contributed by atoms with Crippen LogP contribution in [0.5, 0.6) is 0 Å². The second-order valence-corrected chi connectivity index (χ2v) is 4.06. The molecule has 3 aromatic rings. The third-order valence-corrected chi connectivity index (χ3v) is 2.94. The number of aryl methyl sites for hydroxylation is 1. The second-order valence-electron chi connectivity index (χ2n) is 4.06. The number of imidazole rings is 1. The SMILES string of the molecule is CCc1occc1-c1nc2nccc(C(=O)O)c2[nH]1. The van der Waals surface area contributed by atoms with E-state index in [0.717, 1.165) is 17.7 Å². The van der Waals surface area contributed by atoms with Crippen molar-refractivity contribution in [2.75, 3.05) is 0 Å². The van der Waals surface area contributed by atoms with E-state index in [9.17, 15) is 4.79 Å². The first kappa shape index (κ1) is 11.5. The quantitative estimate of drug-likeness (QED) is 0.752. The summed E-state index contributed by atoms with van der Waals surface area (Å²) in [5, 5.41) is 9.13. The van der Waals surface area contributed by atoms with E-state index in [-0.39, 0.29) is 5.56 Å². The molecule has 6 heteroatoms. The molecule has 0 saturated carbocycles. The molecular weight excluding hydrogens is 246 g/mol. The van der Waals surface area contributed by atoms with Crippen LogP contribution >= 0.6 is 0 Å². The van der Waals surface area contributed by atoms with Crippen molar-refractivity contribution in [3.63, 3.8) is 0 Å². The third kappa shape index (κ3) is 1.77. The van der Waals surface area contributed by atoms with Crippen LogP contribution in [0.4, 0.5) is 0 Å². The van der Waals surface area contributed by atoms with Gasteiger partial charge in [0.25, 0.3) is 0 Å². The fourth-order valence-electron chi connectivity index (χ4n) is 2.04. The summed E-state index contributed by atoms with van der Waals surface area (Å²) in [6, 6.07) is 3.25. The minimum atomic E-state index is -1.01. The number of aromatic nitrogens is 3. The van der Waals surface area contributed by atoms with Gasteiger partial charge in [-0.05, 0) is 12.1 Å². The van der Waals surface area contributed by atoms with Crippen LogP contribution in [0, 0.1) is 0 Å². The van der Waals surface area contributed by atoms with Crippen molar-refractivity contribution >= 4 is 17.1 Å². The van der Waals surface area contributed by atoms with Gasteiger partial charge < -0.3 is 14.5 Å². The van der Waals surface area contributed by atoms with E-state index in [1.807, 2.05) is 6.92 Å². The van der Waals surface area contributed by atoms with Crippen molar-refractivity contribution in [1.82, 2.24) is 15.0 Å². The Hall–Kier alpha value is -2.63. The van der Waals surface area contributed by atoms with Crippen molar-refractivity contribution in [1.29, 1.82) is 0 Å². The largest absolute Gasteiger partial charge is 0.478 e. The number of nitrogens with one attached hydrogen (secondary N) is 1. The van der Waals surface area contributed by atoms with Crippen LogP contribution in [0.1, 0.15) is 23.0 Å². The van der Waals surface area contributed by atoms with Gasteiger partial charge in [0.15, 0.2) is 5.65 Å². The minimum absolute atomic E-state index is 0.158. The molecule has 0 aliphatic carbocycles. The smallest absolute Gasteiger partial charge is 0.338 e. The van der Waals surface area contributed by atoms with Gasteiger partial charge in [0, 0.05) is 12.6 Å². The zero-order valence-corrected chi connectivity index (χ0v) is 10.2. The molecule has 3 heterocycles. The number of carboxylic acids is 1. The van der Waals surface area contributed by atoms with E-state index in [0.29, 0.717) is 17.0 Å². The lowest BCUT2D eigenvalue weighted by Gasteiger charge is -1.95. The molecule has 19 heavy (non-hydrogen) atoms. The third-order valence-electron chi connectivity index (χ3n) is 2.94. The zero-order valence-electron chi connectivity index (χ0n) is 10.2. The van der Waals surface area contributed by atoms with E-state index in [1.165, 1.54) is 12.3 Å². The molecule has 0 aliphatic rings. The summed E-state index contributed by atoms with van der Waals surface area (Å²) >= 11 is 0. The number of carboxylic acid groups (broad SMARTS) is 1. The maximum Gasteiger partial charge on any atom is 0.338 e. The van der Waals surface area contributed by atoms with Crippen LogP contribution in [0.25, 0.3) is 22.6 Å². The van der Waals surface area contributed by atoms with Crippen molar-refractivity contribution in [2.24, 2.45) is 0 Å². The number of aromatic amines is 1. The summed E-state index contributed by atoms with van der Waals surface area (Å²) in [4.78, 5) is 22.5. The highest BCUT2D eigenvalue weighted by atomic mass is 16.4. The van der Waals surface area contributed by atoms with Gasteiger partial charge in [-0.15, -0.1) is 0 Å². The fraction of sp³-hybridized carbons (Fsp3) is 0.154. The molecule has 3 aromatic heterocycles. The molecule has 0 spiro atoms. The Kier molecular flexibility index (Phi) is 2.56. The highest BCUT2D eigenvalue weighted by molar-refractivity contribution is 6.00. The molecular formula is C13H11N3O3. The minimum Gasteiger partial charge on any atom is -0.478 e. The van der Waals surface area contributed by atoms with Crippen LogP contribution in [0.3, 0.4) is 0 Å². The van der Waals surface area contributed by atoms with Gasteiger partial charge in [0.1, 0.15) is 11.6 Å². The Morgan fingerprint density at radius 1 is 1.47 bits per heavy atom. The topological polar surface area (TPSA) is 92.0 Å². The monoisotopic (exact) mass is 257 g/mol. The number of hydrogen-bond donors (Lipinski definition) is 2. The molecule has 0 saturated heterocycles. The van der Waals surface area contributed by atoms with Gasteiger partial charge in [0.05, 0.1) is 22.9 Å². The van der Waals surface area contributed by atoms with E-state index < -0.39 is 5.97 Å². The molecule has 0 atom stereocenters.